The standard InChI is InChI=1S/C31H43FN2O3/c1-17(7-10-28-33-16-20-24(32)5-4-6-25(20)34-28)21-8-9-22-29-23(15-27(37)31(21,22)3)30(2)12-11-19(35)13-18(30)14-26(29)36/h4-6,16-19,21-23,26-27,29,35-37H,7-15H2,1-3H3/t17-,18+,19-,21-,22+,23+,26-,27+,29+,30+,31-/m1/s1. The lowest BCUT2D eigenvalue weighted by molar-refractivity contribution is -0.207. The molecule has 4 saturated carbocycles. The van der Waals surface area contributed by atoms with Crippen molar-refractivity contribution in [2.75, 3.05) is 0 Å². The number of aromatic nitrogens is 2. The zero-order valence-corrected chi connectivity index (χ0v) is 22.5. The molecule has 1 heterocycles. The zero-order chi connectivity index (χ0) is 26.1. The van der Waals surface area contributed by atoms with Crippen molar-refractivity contribution >= 4 is 10.9 Å². The van der Waals surface area contributed by atoms with Gasteiger partial charge in [0, 0.05) is 12.6 Å². The average Bonchev–Trinajstić information content (AvgIpc) is 3.23. The third-order valence-electron chi connectivity index (χ3n) is 12.0. The van der Waals surface area contributed by atoms with Crippen LogP contribution in [0.15, 0.2) is 24.4 Å². The number of rotatable bonds is 4. The quantitative estimate of drug-likeness (QED) is 0.520. The first kappa shape index (κ1) is 25.6. The van der Waals surface area contributed by atoms with Gasteiger partial charge in [-0.25, -0.2) is 14.4 Å². The second-order valence-corrected chi connectivity index (χ2v) is 13.5. The van der Waals surface area contributed by atoms with Gasteiger partial charge in [-0.15, -0.1) is 0 Å². The van der Waals surface area contributed by atoms with Gasteiger partial charge < -0.3 is 15.3 Å². The molecule has 0 amide bonds. The number of aliphatic hydroxyl groups excluding tert-OH is 3. The Kier molecular flexibility index (Phi) is 6.40. The largest absolute Gasteiger partial charge is 0.393 e. The smallest absolute Gasteiger partial charge is 0.134 e. The molecule has 1 aromatic heterocycles. The van der Waals surface area contributed by atoms with Crippen LogP contribution in [0.4, 0.5) is 4.39 Å². The minimum atomic E-state index is -0.372. The fourth-order valence-corrected chi connectivity index (χ4v) is 9.87. The van der Waals surface area contributed by atoms with Crippen molar-refractivity contribution in [2.24, 2.45) is 46.3 Å². The highest BCUT2D eigenvalue weighted by Gasteiger charge is 2.65. The van der Waals surface area contributed by atoms with Gasteiger partial charge in [-0.3, -0.25) is 0 Å². The molecule has 0 unspecified atom stereocenters. The molecule has 0 saturated heterocycles. The summed E-state index contributed by atoms with van der Waals surface area (Å²) in [5.41, 5.74) is 0.543. The van der Waals surface area contributed by atoms with Gasteiger partial charge in [0.2, 0.25) is 0 Å². The zero-order valence-electron chi connectivity index (χ0n) is 22.5. The van der Waals surface area contributed by atoms with Gasteiger partial charge in [0.1, 0.15) is 11.6 Å². The van der Waals surface area contributed by atoms with Crippen molar-refractivity contribution in [1.29, 1.82) is 0 Å². The van der Waals surface area contributed by atoms with Crippen molar-refractivity contribution in [1.82, 2.24) is 9.97 Å². The van der Waals surface area contributed by atoms with Crippen molar-refractivity contribution in [3.8, 4) is 0 Å². The van der Waals surface area contributed by atoms with E-state index >= 15 is 0 Å². The molecule has 37 heavy (non-hydrogen) atoms. The second kappa shape index (κ2) is 9.24. The van der Waals surface area contributed by atoms with Gasteiger partial charge in [0.25, 0.3) is 0 Å². The molecule has 0 aliphatic heterocycles. The molecule has 6 heteroatoms. The van der Waals surface area contributed by atoms with Gasteiger partial charge in [-0.05, 0) is 110 Å². The van der Waals surface area contributed by atoms with E-state index in [9.17, 15) is 19.7 Å². The summed E-state index contributed by atoms with van der Waals surface area (Å²) in [7, 11) is 0. The normalized spacial score (nSPS) is 44.2. The van der Waals surface area contributed by atoms with Crippen LogP contribution in [0.3, 0.4) is 0 Å². The molecule has 11 atom stereocenters. The summed E-state index contributed by atoms with van der Waals surface area (Å²) in [6.45, 7) is 6.98. The van der Waals surface area contributed by atoms with Crippen molar-refractivity contribution < 1.29 is 19.7 Å². The summed E-state index contributed by atoms with van der Waals surface area (Å²) in [4.78, 5) is 9.06. The molecule has 4 aliphatic carbocycles. The number of halogens is 1. The molecular weight excluding hydrogens is 467 g/mol. The lowest BCUT2D eigenvalue weighted by Gasteiger charge is -2.63. The fraction of sp³-hybridized carbons (Fsp3) is 0.742. The summed E-state index contributed by atoms with van der Waals surface area (Å²) in [6.07, 6.45) is 8.62. The Hall–Kier alpha value is -1.63. The van der Waals surface area contributed by atoms with Crippen molar-refractivity contribution in [2.45, 2.75) is 96.9 Å². The Labute approximate surface area is 219 Å². The molecule has 4 aliphatic rings. The monoisotopic (exact) mass is 510 g/mol. The Morgan fingerprint density at radius 3 is 2.68 bits per heavy atom. The molecular formula is C31H43FN2O3. The van der Waals surface area contributed by atoms with Crippen LogP contribution in [0.5, 0.6) is 0 Å². The van der Waals surface area contributed by atoms with Crippen LogP contribution in [-0.2, 0) is 6.42 Å². The van der Waals surface area contributed by atoms with Gasteiger partial charge >= 0.3 is 0 Å². The summed E-state index contributed by atoms with van der Waals surface area (Å²) in [6, 6.07) is 4.95. The van der Waals surface area contributed by atoms with E-state index in [1.54, 1.807) is 12.3 Å². The Morgan fingerprint density at radius 2 is 1.86 bits per heavy atom. The molecule has 6 rings (SSSR count). The molecule has 1 aromatic carbocycles. The minimum absolute atomic E-state index is 0.0992. The summed E-state index contributed by atoms with van der Waals surface area (Å²) in [5, 5.41) is 34.0. The molecule has 5 nitrogen and oxygen atoms in total. The number of benzene rings is 1. The first-order valence-electron chi connectivity index (χ1n) is 14.6. The highest BCUT2D eigenvalue weighted by Crippen LogP contribution is 2.68. The van der Waals surface area contributed by atoms with E-state index < -0.39 is 0 Å². The van der Waals surface area contributed by atoms with E-state index in [4.69, 9.17) is 0 Å². The Morgan fingerprint density at radius 1 is 1.05 bits per heavy atom. The van der Waals surface area contributed by atoms with E-state index in [0.717, 1.165) is 63.6 Å². The predicted octanol–water partition coefficient (Wildman–Crippen LogP) is 5.30. The van der Waals surface area contributed by atoms with Crippen LogP contribution in [0.2, 0.25) is 0 Å². The van der Waals surface area contributed by atoms with E-state index in [-0.39, 0.29) is 40.9 Å². The second-order valence-electron chi connectivity index (χ2n) is 13.5. The third kappa shape index (κ3) is 3.96. The minimum Gasteiger partial charge on any atom is -0.393 e. The molecule has 2 aromatic rings. The Bertz CT molecular complexity index is 1160. The van der Waals surface area contributed by atoms with Crippen LogP contribution >= 0.6 is 0 Å². The van der Waals surface area contributed by atoms with E-state index in [2.05, 4.69) is 30.7 Å². The van der Waals surface area contributed by atoms with E-state index in [1.807, 2.05) is 6.07 Å². The number of hydrogen-bond acceptors (Lipinski definition) is 5. The molecule has 0 radical (unpaired) electrons. The van der Waals surface area contributed by atoms with E-state index in [0.29, 0.717) is 40.5 Å². The number of aliphatic hydroxyl groups is 3. The average molecular weight is 511 g/mol. The van der Waals surface area contributed by atoms with Crippen LogP contribution in [0.25, 0.3) is 10.9 Å². The topological polar surface area (TPSA) is 86.5 Å². The van der Waals surface area contributed by atoms with Crippen molar-refractivity contribution in [3.63, 3.8) is 0 Å². The molecule has 0 spiro atoms. The van der Waals surface area contributed by atoms with Crippen LogP contribution in [0, 0.1) is 52.2 Å². The molecule has 4 fully saturated rings. The molecule has 3 N–H and O–H groups in total. The van der Waals surface area contributed by atoms with Crippen LogP contribution in [0.1, 0.15) is 78.0 Å². The maximum Gasteiger partial charge on any atom is 0.134 e. The first-order valence-corrected chi connectivity index (χ1v) is 14.6. The van der Waals surface area contributed by atoms with Gasteiger partial charge in [0.15, 0.2) is 0 Å². The highest BCUT2D eigenvalue weighted by molar-refractivity contribution is 5.78. The number of fused-ring (bicyclic) bond motifs is 6. The molecule has 0 bridgehead atoms. The Balaban J connectivity index is 1.20. The maximum atomic E-state index is 14.0. The van der Waals surface area contributed by atoms with Crippen molar-refractivity contribution in [3.05, 3.63) is 36.0 Å². The lowest BCUT2D eigenvalue weighted by atomic mass is 9.43. The third-order valence-corrected chi connectivity index (χ3v) is 12.0. The first-order chi connectivity index (χ1) is 17.6. The summed E-state index contributed by atoms with van der Waals surface area (Å²) < 4.78 is 14.0. The lowest BCUT2D eigenvalue weighted by Crippen LogP contribution is -2.62. The summed E-state index contributed by atoms with van der Waals surface area (Å²) in [5.74, 6) is 2.46. The predicted molar refractivity (Wildman–Crippen MR) is 141 cm³/mol. The molecule has 202 valence electrons. The van der Waals surface area contributed by atoms with Gasteiger partial charge in [-0.1, -0.05) is 26.8 Å². The number of aryl methyl sites for hydroxylation is 1. The van der Waals surface area contributed by atoms with Gasteiger partial charge in [-0.2, -0.15) is 0 Å². The number of nitrogens with zero attached hydrogens (tertiary/aromatic N) is 2. The fourth-order valence-electron chi connectivity index (χ4n) is 9.87. The van der Waals surface area contributed by atoms with E-state index in [1.165, 1.54) is 6.07 Å². The maximum absolute atomic E-state index is 14.0. The van der Waals surface area contributed by atoms with Gasteiger partial charge in [0.05, 0.1) is 29.2 Å². The van der Waals surface area contributed by atoms with Crippen LogP contribution in [-0.4, -0.2) is 43.6 Å². The highest BCUT2D eigenvalue weighted by atomic mass is 19.1. The van der Waals surface area contributed by atoms with Crippen LogP contribution < -0.4 is 0 Å². The summed E-state index contributed by atoms with van der Waals surface area (Å²) >= 11 is 0. The SMILES string of the molecule is C[C@H](CCc1ncc2c(F)cccc2n1)[C@H]1CC[C@H]2[C@@H]3[C@H](O)C[C@@H]4C[C@H](O)CC[C@]4(C)[C@H]3C[C@H](O)[C@]12C. The number of hydrogen-bond donors (Lipinski definition) is 3.